The fourth-order valence-electron chi connectivity index (χ4n) is 0.982. The Hall–Kier alpha value is -0.970. The minimum absolute atomic E-state index is 0.0398. The molecule has 1 rings (SSSR count). The molecule has 0 aliphatic heterocycles. The summed E-state index contributed by atoms with van der Waals surface area (Å²) in [6.07, 6.45) is -2.77. The first-order valence-electron chi connectivity index (χ1n) is 3.63. The topological polar surface area (TPSA) is 56.6 Å². The van der Waals surface area contributed by atoms with Crippen molar-refractivity contribution in [2.24, 2.45) is 0 Å². The van der Waals surface area contributed by atoms with Gasteiger partial charge >= 0.3 is 0 Å². The van der Waals surface area contributed by atoms with Crippen LogP contribution in [0, 0.1) is 14.9 Å². The van der Waals surface area contributed by atoms with Gasteiger partial charge in [0.15, 0.2) is 0 Å². The maximum atomic E-state index is 12.4. The van der Waals surface area contributed by atoms with Gasteiger partial charge in [0.1, 0.15) is 0 Å². The van der Waals surface area contributed by atoms with Gasteiger partial charge in [0, 0.05) is 9.64 Å². The second-order valence-corrected chi connectivity index (χ2v) is 3.60. The van der Waals surface area contributed by atoms with E-state index in [9.17, 15) is 13.6 Å². The van der Waals surface area contributed by atoms with E-state index in [0.717, 1.165) is 6.07 Å². The van der Waals surface area contributed by atoms with Gasteiger partial charge in [-0.15, -0.1) is 0 Å². The van der Waals surface area contributed by atoms with Crippen molar-refractivity contribution in [2.45, 2.75) is 12.8 Å². The van der Waals surface area contributed by atoms with E-state index in [1.165, 1.54) is 0 Å². The smallest absolute Gasteiger partial charge is 0.279 e. The summed E-state index contributed by atoms with van der Waals surface area (Å²) in [4.78, 5) is 13.0. The molecule has 3 nitrogen and oxygen atoms in total. The monoisotopic (exact) mass is 310 g/mol. The lowest BCUT2D eigenvalue weighted by atomic mass is 10.2. The van der Waals surface area contributed by atoms with E-state index in [1.54, 1.807) is 22.6 Å². The third-order valence-electron chi connectivity index (χ3n) is 1.57. The first-order chi connectivity index (χ1) is 6.56. The van der Waals surface area contributed by atoms with E-state index in [2.05, 4.69) is 4.98 Å². The van der Waals surface area contributed by atoms with Crippen LogP contribution < -0.4 is 5.56 Å². The van der Waals surface area contributed by atoms with E-state index in [4.69, 9.17) is 5.26 Å². The van der Waals surface area contributed by atoms with Crippen LogP contribution in [-0.2, 0) is 6.42 Å². The molecule has 0 aromatic carbocycles. The molecule has 0 fully saturated rings. The van der Waals surface area contributed by atoms with Crippen LogP contribution in [0.25, 0.3) is 0 Å². The quantitative estimate of drug-likeness (QED) is 0.849. The van der Waals surface area contributed by atoms with Crippen molar-refractivity contribution >= 4 is 22.6 Å². The summed E-state index contributed by atoms with van der Waals surface area (Å²) in [5, 5.41) is 8.41. The molecule has 74 valence electrons. The second kappa shape index (κ2) is 4.50. The van der Waals surface area contributed by atoms with E-state index in [0.29, 0.717) is 5.56 Å². The lowest BCUT2D eigenvalue weighted by molar-refractivity contribution is 0.144. The minimum atomic E-state index is -2.73. The number of nitrogens with zero attached hydrogens (tertiary/aromatic N) is 1. The molecule has 0 radical (unpaired) electrons. The Morgan fingerprint density at radius 1 is 1.64 bits per heavy atom. The highest BCUT2D eigenvalue weighted by Crippen LogP contribution is 2.23. The Balaban J connectivity index is 3.34. The number of aromatic nitrogens is 1. The third kappa shape index (κ3) is 2.29. The van der Waals surface area contributed by atoms with E-state index in [1.807, 2.05) is 6.07 Å². The van der Waals surface area contributed by atoms with Crippen LogP contribution in [0.15, 0.2) is 10.9 Å². The van der Waals surface area contributed by atoms with Crippen LogP contribution in [0.4, 0.5) is 8.78 Å². The van der Waals surface area contributed by atoms with Gasteiger partial charge in [-0.3, -0.25) is 4.79 Å². The molecule has 0 bridgehead atoms. The first kappa shape index (κ1) is 11.1. The predicted molar refractivity (Wildman–Crippen MR) is 54.1 cm³/mol. The van der Waals surface area contributed by atoms with Crippen LogP contribution in [-0.4, -0.2) is 4.98 Å². The summed E-state index contributed by atoms with van der Waals surface area (Å²) in [5.74, 6) is 0. The molecule has 0 atom stereocenters. The average molecular weight is 310 g/mol. The molecule has 0 aliphatic rings. The lowest BCUT2D eigenvalue weighted by Crippen LogP contribution is -2.12. The molecule has 0 saturated heterocycles. The normalized spacial score (nSPS) is 10.2. The molecule has 1 N–H and O–H groups in total. The molecule has 1 aromatic heterocycles. The third-order valence-corrected chi connectivity index (χ3v) is 2.84. The van der Waals surface area contributed by atoms with Crippen LogP contribution in [0.3, 0.4) is 0 Å². The number of halogens is 3. The Morgan fingerprint density at radius 3 is 2.79 bits per heavy atom. The molecule has 1 aromatic rings. The van der Waals surface area contributed by atoms with Gasteiger partial charge in [0.25, 0.3) is 6.43 Å². The Morgan fingerprint density at radius 2 is 2.29 bits per heavy atom. The molecule has 1 heterocycles. The molecule has 0 saturated carbocycles. The maximum absolute atomic E-state index is 12.4. The average Bonchev–Trinajstić information content (AvgIpc) is 2.10. The molecule has 14 heavy (non-hydrogen) atoms. The first-order valence-corrected chi connectivity index (χ1v) is 4.71. The maximum Gasteiger partial charge on any atom is 0.279 e. The lowest BCUT2D eigenvalue weighted by Gasteiger charge is -2.05. The summed E-state index contributed by atoms with van der Waals surface area (Å²) in [6, 6.07) is 2.98. The van der Waals surface area contributed by atoms with Crippen LogP contribution >= 0.6 is 22.6 Å². The van der Waals surface area contributed by atoms with E-state index in [-0.39, 0.29) is 9.99 Å². The van der Waals surface area contributed by atoms with Gasteiger partial charge in [0.05, 0.1) is 18.2 Å². The number of H-pyrrole nitrogens is 1. The second-order valence-electron chi connectivity index (χ2n) is 2.52. The number of aromatic amines is 1. The van der Waals surface area contributed by atoms with Crippen molar-refractivity contribution in [1.82, 2.24) is 4.98 Å². The van der Waals surface area contributed by atoms with Crippen molar-refractivity contribution in [1.29, 1.82) is 5.26 Å². The minimum Gasteiger partial charge on any atom is -0.320 e. The number of hydrogen-bond donors (Lipinski definition) is 1. The van der Waals surface area contributed by atoms with Gasteiger partial charge in [-0.05, 0) is 28.2 Å². The van der Waals surface area contributed by atoms with Crippen LogP contribution in [0.1, 0.15) is 17.7 Å². The Labute approximate surface area is 91.9 Å². The number of nitriles is 1. The molecule has 0 amide bonds. The number of nitrogens with one attached hydrogen (secondary N) is 1. The highest BCUT2D eigenvalue weighted by molar-refractivity contribution is 14.1. The molecular formula is C8H5F2IN2O. The molecular weight excluding hydrogens is 305 g/mol. The predicted octanol–water partition coefficient (Wildman–Crippen LogP) is 1.98. The van der Waals surface area contributed by atoms with Gasteiger partial charge in [-0.1, -0.05) is 0 Å². The number of rotatable bonds is 2. The summed E-state index contributed by atoms with van der Waals surface area (Å²) in [6.45, 7) is 0. The van der Waals surface area contributed by atoms with Gasteiger partial charge in [0.2, 0.25) is 5.56 Å². The highest BCUT2D eigenvalue weighted by atomic mass is 127. The van der Waals surface area contributed by atoms with Gasteiger partial charge in [-0.2, -0.15) is 5.26 Å². The Kier molecular flexibility index (Phi) is 3.57. The fourth-order valence-corrected chi connectivity index (χ4v) is 1.70. The van der Waals surface area contributed by atoms with Crippen molar-refractivity contribution in [3.05, 3.63) is 31.2 Å². The number of alkyl halides is 2. The zero-order chi connectivity index (χ0) is 10.7. The summed E-state index contributed by atoms with van der Waals surface area (Å²) < 4.78 is 25.0. The molecule has 0 unspecified atom stereocenters. The fraction of sp³-hybridized carbons (Fsp3) is 0.250. The van der Waals surface area contributed by atoms with E-state index < -0.39 is 17.7 Å². The summed E-state index contributed by atoms with van der Waals surface area (Å²) in [5.41, 5.74) is -0.679. The number of pyridine rings is 1. The van der Waals surface area contributed by atoms with Crippen molar-refractivity contribution < 1.29 is 8.78 Å². The van der Waals surface area contributed by atoms with Crippen molar-refractivity contribution in [3.63, 3.8) is 0 Å². The number of hydrogen-bond acceptors (Lipinski definition) is 2. The van der Waals surface area contributed by atoms with E-state index >= 15 is 0 Å². The van der Waals surface area contributed by atoms with Crippen LogP contribution in [0.2, 0.25) is 0 Å². The highest BCUT2D eigenvalue weighted by Gasteiger charge is 2.15. The summed E-state index contributed by atoms with van der Waals surface area (Å²) >= 11 is 1.69. The van der Waals surface area contributed by atoms with Gasteiger partial charge < -0.3 is 4.98 Å². The summed E-state index contributed by atoms with van der Waals surface area (Å²) in [7, 11) is 0. The molecule has 0 spiro atoms. The standard InChI is InChI=1S/C8H5F2IN2O/c9-8(10)7-6(11)4(1-2-12)3-5(14)13-7/h3,8H,1H2,(H,13,14). The Bertz CT molecular complexity index is 436. The molecule has 0 aliphatic carbocycles. The van der Waals surface area contributed by atoms with Gasteiger partial charge in [-0.25, -0.2) is 8.78 Å². The largest absolute Gasteiger partial charge is 0.320 e. The SMILES string of the molecule is N#CCc1cc(=O)[nH]c(C(F)F)c1I. The zero-order valence-electron chi connectivity index (χ0n) is 6.85. The zero-order valence-corrected chi connectivity index (χ0v) is 9.01. The molecule has 6 heteroatoms. The van der Waals surface area contributed by atoms with Crippen molar-refractivity contribution in [3.8, 4) is 6.07 Å². The van der Waals surface area contributed by atoms with Crippen molar-refractivity contribution in [2.75, 3.05) is 0 Å². The van der Waals surface area contributed by atoms with Crippen LogP contribution in [0.5, 0.6) is 0 Å².